The first kappa shape index (κ1) is 18.3. The summed E-state index contributed by atoms with van der Waals surface area (Å²) in [6, 6.07) is 0. The molecule has 1 atom stereocenters. The third-order valence-electron chi connectivity index (χ3n) is 3.65. The highest BCUT2D eigenvalue weighted by molar-refractivity contribution is 6.28. The molecular formula is C16H30O3. The largest absolute Gasteiger partial charge is 0.382 e. The molecule has 3 heteroatoms. The van der Waals surface area contributed by atoms with Gasteiger partial charge in [-0.1, -0.05) is 71.1 Å². The Morgan fingerprint density at radius 3 is 1.79 bits per heavy atom. The van der Waals surface area contributed by atoms with Crippen LogP contribution in [0.1, 0.15) is 84.5 Å². The van der Waals surface area contributed by atoms with Gasteiger partial charge in [-0.25, -0.2) is 0 Å². The molecule has 0 aliphatic heterocycles. The van der Waals surface area contributed by atoms with Crippen LogP contribution in [0.3, 0.4) is 0 Å². The van der Waals surface area contributed by atoms with Gasteiger partial charge in [0.15, 0.2) is 6.29 Å². The molecular weight excluding hydrogens is 240 g/mol. The molecule has 0 aromatic rings. The van der Waals surface area contributed by atoms with E-state index in [0.717, 1.165) is 19.3 Å². The summed E-state index contributed by atoms with van der Waals surface area (Å²) >= 11 is 0. The molecule has 0 bridgehead atoms. The van der Waals surface area contributed by atoms with Crippen LogP contribution in [-0.4, -0.2) is 22.8 Å². The highest BCUT2D eigenvalue weighted by Crippen LogP contribution is 2.17. The molecule has 0 aromatic carbocycles. The van der Waals surface area contributed by atoms with E-state index in [1.165, 1.54) is 51.9 Å². The second-order valence-electron chi connectivity index (χ2n) is 5.69. The molecule has 1 N–H and O–H groups in total. The maximum Gasteiger partial charge on any atom is 0.226 e. The molecule has 0 spiro atoms. The van der Waals surface area contributed by atoms with Gasteiger partial charge in [0.25, 0.3) is 0 Å². The normalized spacial score (nSPS) is 14.1. The molecule has 0 fully saturated rings. The summed E-state index contributed by atoms with van der Waals surface area (Å²) in [5, 5.41) is 9.73. The zero-order valence-corrected chi connectivity index (χ0v) is 12.6. The average molecular weight is 270 g/mol. The first-order valence-corrected chi connectivity index (χ1v) is 7.76. The van der Waals surface area contributed by atoms with Crippen LogP contribution in [-0.2, 0) is 9.59 Å². The van der Waals surface area contributed by atoms with Crippen molar-refractivity contribution in [3.05, 3.63) is 0 Å². The molecule has 0 saturated heterocycles. The molecule has 0 aromatic heterocycles. The van der Waals surface area contributed by atoms with Crippen molar-refractivity contribution in [3.8, 4) is 0 Å². The lowest BCUT2D eigenvalue weighted by Crippen LogP contribution is -2.35. The first-order valence-electron chi connectivity index (χ1n) is 7.76. The van der Waals surface area contributed by atoms with Crippen LogP contribution in [0.5, 0.6) is 0 Å². The Morgan fingerprint density at radius 1 is 0.947 bits per heavy atom. The molecule has 0 rings (SSSR count). The van der Waals surface area contributed by atoms with Gasteiger partial charge in [0.05, 0.1) is 0 Å². The maximum atomic E-state index is 11.1. The van der Waals surface area contributed by atoms with Crippen LogP contribution >= 0.6 is 0 Å². The zero-order valence-electron chi connectivity index (χ0n) is 12.6. The highest BCUT2D eigenvalue weighted by Gasteiger charge is 2.28. The summed E-state index contributed by atoms with van der Waals surface area (Å²) in [7, 11) is 0. The number of hydrogen-bond donors (Lipinski definition) is 1. The predicted octanol–water partition coefficient (Wildman–Crippen LogP) is 3.82. The van der Waals surface area contributed by atoms with E-state index >= 15 is 0 Å². The van der Waals surface area contributed by atoms with Crippen molar-refractivity contribution in [1.82, 2.24) is 0 Å². The smallest absolute Gasteiger partial charge is 0.226 e. The summed E-state index contributed by atoms with van der Waals surface area (Å²) in [6.07, 6.45) is 12.8. The lowest BCUT2D eigenvalue weighted by atomic mass is 9.94. The number of rotatable bonds is 13. The zero-order chi connectivity index (χ0) is 14.6. The standard InChI is InChI=1S/C16H30O3/c1-3-4-5-6-7-8-9-10-11-12-13-16(2,19)15(18)14-17/h14,19H,3-13H2,1-2H3. The third kappa shape index (κ3) is 9.83. The number of unbranched alkanes of at least 4 members (excludes halogenated alkanes) is 9. The lowest BCUT2D eigenvalue weighted by molar-refractivity contribution is -0.142. The highest BCUT2D eigenvalue weighted by atomic mass is 16.3. The van der Waals surface area contributed by atoms with Gasteiger partial charge in [-0.05, 0) is 13.3 Å². The van der Waals surface area contributed by atoms with Gasteiger partial charge < -0.3 is 5.11 Å². The molecule has 0 amide bonds. The first-order chi connectivity index (χ1) is 9.04. The molecule has 1 unspecified atom stereocenters. The Kier molecular flexibility index (Phi) is 10.7. The molecule has 0 aliphatic rings. The number of aliphatic hydroxyl groups is 1. The van der Waals surface area contributed by atoms with E-state index in [4.69, 9.17) is 0 Å². The molecule has 112 valence electrons. The molecule has 3 nitrogen and oxygen atoms in total. The number of carbonyl (C=O) groups is 2. The number of Topliss-reactive ketones (excluding diaryl/α,β-unsaturated/α-hetero) is 1. The van der Waals surface area contributed by atoms with Crippen LogP contribution in [0.25, 0.3) is 0 Å². The minimum Gasteiger partial charge on any atom is -0.382 e. The Morgan fingerprint density at radius 2 is 1.37 bits per heavy atom. The summed E-state index contributed by atoms with van der Waals surface area (Å²) in [5.74, 6) is -0.705. The van der Waals surface area contributed by atoms with E-state index < -0.39 is 11.4 Å². The van der Waals surface area contributed by atoms with Crippen LogP contribution in [0.15, 0.2) is 0 Å². The van der Waals surface area contributed by atoms with Gasteiger partial charge >= 0.3 is 0 Å². The Hall–Kier alpha value is -0.700. The van der Waals surface area contributed by atoms with Crippen molar-refractivity contribution in [2.75, 3.05) is 0 Å². The van der Waals surface area contributed by atoms with E-state index in [1.54, 1.807) is 0 Å². The van der Waals surface area contributed by atoms with Crippen LogP contribution < -0.4 is 0 Å². The summed E-state index contributed by atoms with van der Waals surface area (Å²) in [6.45, 7) is 3.65. The second-order valence-corrected chi connectivity index (χ2v) is 5.69. The minimum atomic E-state index is -1.46. The van der Waals surface area contributed by atoms with Crippen LogP contribution in [0.2, 0.25) is 0 Å². The van der Waals surface area contributed by atoms with E-state index in [-0.39, 0.29) is 6.29 Å². The van der Waals surface area contributed by atoms with Crippen molar-refractivity contribution in [1.29, 1.82) is 0 Å². The SMILES string of the molecule is CCCCCCCCCCCCC(C)(O)C(=O)C=O. The minimum absolute atomic E-state index is 0.219. The summed E-state index contributed by atoms with van der Waals surface area (Å²) in [5.41, 5.74) is -1.46. The van der Waals surface area contributed by atoms with Crippen molar-refractivity contribution < 1.29 is 14.7 Å². The van der Waals surface area contributed by atoms with E-state index in [9.17, 15) is 14.7 Å². The Labute approximate surface area is 117 Å². The molecule has 0 radical (unpaired) electrons. The number of carbonyl (C=O) groups excluding carboxylic acids is 2. The lowest BCUT2D eigenvalue weighted by Gasteiger charge is -2.18. The maximum absolute atomic E-state index is 11.1. The summed E-state index contributed by atoms with van der Waals surface area (Å²) in [4.78, 5) is 21.4. The average Bonchev–Trinajstić information content (AvgIpc) is 2.39. The fourth-order valence-corrected chi connectivity index (χ4v) is 2.21. The Balaban J connectivity index is 3.36. The molecule has 0 saturated carbocycles. The van der Waals surface area contributed by atoms with Gasteiger partial charge in [0.2, 0.25) is 5.78 Å². The second kappa shape index (κ2) is 11.2. The topological polar surface area (TPSA) is 54.4 Å². The van der Waals surface area contributed by atoms with Gasteiger partial charge in [-0.15, -0.1) is 0 Å². The van der Waals surface area contributed by atoms with Crippen molar-refractivity contribution in [2.24, 2.45) is 0 Å². The monoisotopic (exact) mass is 270 g/mol. The quantitative estimate of drug-likeness (QED) is 0.314. The number of aldehydes is 1. The van der Waals surface area contributed by atoms with E-state index in [1.807, 2.05) is 0 Å². The fourth-order valence-electron chi connectivity index (χ4n) is 2.21. The Bertz CT molecular complexity index is 246. The van der Waals surface area contributed by atoms with E-state index in [2.05, 4.69) is 6.92 Å². The number of ketones is 1. The van der Waals surface area contributed by atoms with Crippen LogP contribution in [0.4, 0.5) is 0 Å². The van der Waals surface area contributed by atoms with Gasteiger partial charge in [-0.2, -0.15) is 0 Å². The van der Waals surface area contributed by atoms with Crippen molar-refractivity contribution in [2.45, 2.75) is 90.1 Å². The molecule has 19 heavy (non-hydrogen) atoms. The third-order valence-corrected chi connectivity index (χ3v) is 3.65. The van der Waals surface area contributed by atoms with E-state index in [0.29, 0.717) is 6.42 Å². The van der Waals surface area contributed by atoms with Gasteiger partial charge in [-0.3, -0.25) is 9.59 Å². The number of hydrogen-bond acceptors (Lipinski definition) is 3. The summed E-state index contributed by atoms with van der Waals surface area (Å²) < 4.78 is 0. The van der Waals surface area contributed by atoms with Crippen LogP contribution in [0, 0.1) is 0 Å². The fraction of sp³-hybridized carbons (Fsp3) is 0.875. The molecule has 0 heterocycles. The predicted molar refractivity (Wildman–Crippen MR) is 78.2 cm³/mol. The van der Waals surface area contributed by atoms with Gasteiger partial charge in [0.1, 0.15) is 5.60 Å². The molecule has 0 aliphatic carbocycles. The van der Waals surface area contributed by atoms with Crippen molar-refractivity contribution >= 4 is 12.1 Å². The van der Waals surface area contributed by atoms with Gasteiger partial charge in [0, 0.05) is 0 Å². The van der Waals surface area contributed by atoms with Crippen molar-refractivity contribution in [3.63, 3.8) is 0 Å².